The van der Waals surface area contributed by atoms with E-state index < -0.39 is 21.3 Å². The molecular weight excluding hydrogens is 681 g/mol. The second kappa shape index (κ2) is 13.8. The van der Waals surface area contributed by atoms with Crippen molar-refractivity contribution in [2.24, 2.45) is 11.3 Å². The number of hydrogen-bond acceptors (Lipinski definition) is 0. The molecule has 0 aliphatic heterocycles. The zero-order valence-corrected chi connectivity index (χ0v) is 30.0. The van der Waals surface area contributed by atoms with E-state index in [2.05, 4.69) is 83.3 Å². The van der Waals surface area contributed by atoms with Crippen LogP contribution >= 0.6 is 0 Å². The van der Waals surface area contributed by atoms with Crippen LogP contribution in [0, 0.1) is 23.0 Å². The van der Waals surface area contributed by atoms with Gasteiger partial charge in [-0.2, -0.15) is 0 Å². The average Bonchev–Trinajstić information content (AvgIpc) is 3.55. The summed E-state index contributed by atoms with van der Waals surface area (Å²) in [7, 11) is 0. The summed E-state index contributed by atoms with van der Waals surface area (Å²) in [6.07, 6.45) is 9.47. The smallest absolute Gasteiger partial charge is 1.00 e. The maximum absolute atomic E-state index is 14.9. The van der Waals surface area contributed by atoms with Gasteiger partial charge in [-0.1, -0.05) is 0 Å². The standard InChI is InChI=1S/C17H13.C13H8F2.C10H15.2ClH.Zr/c1-3-12-5-7-14-11-15-8-6-13(4-2)10-17(15)16(14)9-12;14-12-5-1-3-10(8-12)7-11-4-2-6-13(15)9-11;1-8-5-6-9(7-8)10(2,3)4;;;/h3-7,9-10H,1-2,11H2;1-6,8-9H;6-8H,1-4H3;2*1H;/q;;;;;+2/p-2. The molecule has 228 valence electrons. The van der Waals surface area contributed by atoms with E-state index in [1.165, 1.54) is 46.5 Å². The minimum atomic E-state index is -3.20. The van der Waals surface area contributed by atoms with E-state index in [9.17, 15) is 8.78 Å². The number of rotatable bonds is 6. The van der Waals surface area contributed by atoms with Crippen molar-refractivity contribution in [3.63, 3.8) is 0 Å². The molecule has 0 fully saturated rings. The van der Waals surface area contributed by atoms with E-state index in [4.69, 9.17) is 0 Å². The molecule has 0 spiro atoms. The minimum Gasteiger partial charge on any atom is -1.00 e. The van der Waals surface area contributed by atoms with Gasteiger partial charge in [0.05, 0.1) is 0 Å². The van der Waals surface area contributed by atoms with E-state index in [0.29, 0.717) is 0 Å². The van der Waals surface area contributed by atoms with Crippen molar-refractivity contribution in [1.29, 1.82) is 0 Å². The number of hydrogen-bond donors (Lipinski definition) is 0. The Labute approximate surface area is 286 Å². The molecule has 0 saturated carbocycles. The topological polar surface area (TPSA) is 0 Å². The predicted molar refractivity (Wildman–Crippen MR) is 175 cm³/mol. The molecule has 45 heavy (non-hydrogen) atoms. The van der Waals surface area contributed by atoms with Crippen LogP contribution in [0.3, 0.4) is 0 Å². The fourth-order valence-corrected chi connectivity index (χ4v) is 14.9. The molecule has 0 aromatic heterocycles. The van der Waals surface area contributed by atoms with Crippen LogP contribution in [0.5, 0.6) is 0 Å². The van der Waals surface area contributed by atoms with Gasteiger partial charge in [0.15, 0.2) is 0 Å². The summed E-state index contributed by atoms with van der Waals surface area (Å²) < 4.78 is 33.7. The summed E-state index contributed by atoms with van der Waals surface area (Å²) in [6.45, 7) is 17.2. The maximum atomic E-state index is 14.9. The first-order valence-corrected chi connectivity index (χ1v) is 18.5. The third-order valence-corrected chi connectivity index (χ3v) is 16.6. The summed E-state index contributed by atoms with van der Waals surface area (Å²) in [5.74, 6) is -0.351. The second-order valence-electron chi connectivity index (χ2n) is 12.6. The number of halogens is 4. The Morgan fingerprint density at radius 1 is 0.800 bits per heavy atom. The molecule has 4 aromatic rings. The van der Waals surface area contributed by atoms with Gasteiger partial charge >= 0.3 is 263 Å². The van der Waals surface area contributed by atoms with Crippen LogP contribution in [0.2, 0.25) is 0 Å². The first kappa shape index (κ1) is 34.9. The summed E-state index contributed by atoms with van der Waals surface area (Å²) in [5.41, 5.74) is 10.2. The van der Waals surface area contributed by atoms with E-state index in [0.717, 1.165) is 31.9 Å². The van der Waals surface area contributed by atoms with Crippen molar-refractivity contribution in [3.8, 4) is 11.1 Å². The Kier molecular flexibility index (Phi) is 10.7. The first-order chi connectivity index (χ1) is 20.6. The Bertz CT molecular complexity index is 1860. The molecule has 0 radical (unpaired) electrons. The summed E-state index contributed by atoms with van der Waals surface area (Å²) >= 11 is -3.20. The molecule has 0 amide bonds. The fraction of sp³-hybridized carbons (Fsp3) is 0.175. The zero-order chi connectivity index (χ0) is 30.5. The van der Waals surface area contributed by atoms with Crippen LogP contribution in [-0.2, 0) is 27.7 Å². The van der Waals surface area contributed by atoms with Gasteiger partial charge in [0.1, 0.15) is 0 Å². The molecule has 0 bridgehead atoms. The number of fused-ring (bicyclic) bond motifs is 3. The molecule has 0 N–H and O–H groups in total. The van der Waals surface area contributed by atoms with Crippen molar-refractivity contribution in [3.05, 3.63) is 158 Å². The van der Waals surface area contributed by atoms with Crippen LogP contribution in [0.25, 0.3) is 23.3 Å². The largest absolute Gasteiger partial charge is 1.00 e. The monoisotopic (exact) mass is 714 g/mol. The molecule has 6 rings (SSSR count). The van der Waals surface area contributed by atoms with Crippen molar-refractivity contribution in [2.45, 2.75) is 34.1 Å². The van der Waals surface area contributed by atoms with Crippen molar-refractivity contribution in [2.75, 3.05) is 0 Å². The minimum absolute atomic E-state index is 0. The molecule has 2 aliphatic carbocycles. The van der Waals surface area contributed by atoms with Crippen LogP contribution < -0.4 is 28.1 Å². The van der Waals surface area contributed by atoms with Gasteiger partial charge in [-0.15, -0.1) is 0 Å². The van der Waals surface area contributed by atoms with E-state index >= 15 is 0 Å². The predicted octanol–water partition coefficient (Wildman–Crippen LogP) is 3.85. The van der Waals surface area contributed by atoms with E-state index in [1.54, 1.807) is 24.3 Å². The van der Waals surface area contributed by atoms with Gasteiger partial charge in [-0.3, -0.25) is 0 Å². The Hall–Kier alpha value is -2.97. The van der Waals surface area contributed by atoms with E-state index in [-0.39, 0.29) is 47.8 Å². The molecule has 1 unspecified atom stereocenters. The van der Waals surface area contributed by atoms with Crippen LogP contribution in [0.1, 0.15) is 61.1 Å². The third-order valence-electron chi connectivity index (χ3n) is 8.67. The van der Waals surface area contributed by atoms with Gasteiger partial charge in [0.25, 0.3) is 0 Å². The van der Waals surface area contributed by atoms with Crippen LogP contribution in [0.15, 0.2) is 113 Å². The molecule has 0 nitrogen and oxygen atoms in total. The Morgan fingerprint density at radius 2 is 1.40 bits per heavy atom. The molecule has 0 saturated heterocycles. The average molecular weight is 717 g/mol. The number of allylic oxidation sites excluding steroid dienone is 4. The quantitative estimate of drug-likeness (QED) is 0.251. The van der Waals surface area contributed by atoms with Gasteiger partial charge in [-0.25, -0.2) is 0 Å². The zero-order valence-electron chi connectivity index (χ0n) is 26.0. The molecule has 1 atom stereocenters. The molecule has 2 aliphatic rings. The normalized spacial score (nSPS) is 14.5. The van der Waals surface area contributed by atoms with Crippen LogP contribution in [-0.4, -0.2) is 3.21 Å². The van der Waals surface area contributed by atoms with Gasteiger partial charge < -0.3 is 24.8 Å². The van der Waals surface area contributed by atoms with Crippen molar-refractivity contribution < 1.29 is 54.9 Å². The summed E-state index contributed by atoms with van der Waals surface area (Å²) in [4.78, 5) is 0. The Morgan fingerprint density at radius 3 is 1.93 bits per heavy atom. The fourth-order valence-electron chi connectivity index (χ4n) is 6.43. The summed E-state index contributed by atoms with van der Waals surface area (Å²) in [6, 6.07) is 24.9. The molecule has 4 aromatic carbocycles. The molecule has 5 heteroatoms. The van der Waals surface area contributed by atoms with E-state index in [1.807, 2.05) is 24.3 Å². The third kappa shape index (κ3) is 6.78. The Balaban J connectivity index is 0.00000230. The summed E-state index contributed by atoms with van der Waals surface area (Å²) in [5, 5.41) is 0. The molecule has 0 heterocycles. The maximum Gasteiger partial charge on any atom is -1.00 e. The van der Waals surface area contributed by atoms with Crippen LogP contribution in [0.4, 0.5) is 8.78 Å². The molecular formula is C40H36Cl2F2Zr. The van der Waals surface area contributed by atoms with Crippen molar-refractivity contribution >= 4 is 18.6 Å². The van der Waals surface area contributed by atoms with Gasteiger partial charge in [0, 0.05) is 0 Å². The second-order valence-corrected chi connectivity index (χ2v) is 18.4. The number of benzene rings is 4. The van der Waals surface area contributed by atoms with Gasteiger partial charge in [0.2, 0.25) is 0 Å². The van der Waals surface area contributed by atoms with Gasteiger partial charge in [-0.05, 0) is 0 Å². The van der Waals surface area contributed by atoms with Crippen molar-refractivity contribution in [1.82, 2.24) is 0 Å². The SMILES string of the molecule is C=Cc1ccc2c(c1)-c1cc(C=C)c[c]([Zr+2]([C]3=CC(C(C)(C)C)=CC3C)=[C](c3cccc(F)c3)c3cccc(F)c3)c1C2.[Cl-].[Cl-]. The first-order valence-electron chi connectivity index (χ1n) is 14.8.